The molecule has 4 nitrogen and oxygen atoms in total. The van der Waals surface area contributed by atoms with Gasteiger partial charge >= 0.3 is 5.97 Å². The van der Waals surface area contributed by atoms with E-state index in [1.807, 2.05) is 6.07 Å². The summed E-state index contributed by atoms with van der Waals surface area (Å²) < 4.78 is 4.67. The van der Waals surface area contributed by atoms with Crippen molar-refractivity contribution in [3.63, 3.8) is 0 Å². The van der Waals surface area contributed by atoms with E-state index in [0.29, 0.717) is 24.0 Å². The van der Waals surface area contributed by atoms with Gasteiger partial charge in [-0.3, -0.25) is 4.79 Å². The maximum absolute atomic E-state index is 12.0. The van der Waals surface area contributed by atoms with E-state index in [1.165, 1.54) is 19.2 Å². The summed E-state index contributed by atoms with van der Waals surface area (Å²) >= 11 is 0. The van der Waals surface area contributed by atoms with Gasteiger partial charge in [-0.2, -0.15) is 0 Å². The van der Waals surface area contributed by atoms with Crippen molar-refractivity contribution < 1.29 is 19.4 Å². The Labute approximate surface area is 123 Å². The Balaban J connectivity index is 2.01. The van der Waals surface area contributed by atoms with Crippen molar-refractivity contribution in [3.8, 4) is 5.75 Å². The number of carbonyl (C=O) groups is 2. The molecular formula is C17H16O4. The van der Waals surface area contributed by atoms with E-state index >= 15 is 0 Å². The highest BCUT2D eigenvalue weighted by Crippen LogP contribution is 2.14. The lowest BCUT2D eigenvalue weighted by molar-refractivity contribution is 0.0600. The maximum atomic E-state index is 12.0. The Morgan fingerprint density at radius 3 is 2.43 bits per heavy atom. The Bertz CT molecular complexity index is 644. The van der Waals surface area contributed by atoms with Crippen LogP contribution in [0.25, 0.3) is 0 Å². The van der Waals surface area contributed by atoms with E-state index in [1.54, 1.807) is 30.3 Å². The first-order valence-electron chi connectivity index (χ1n) is 6.59. The Hall–Kier alpha value is -2.62. The SMILES string of the molecule is COC(=O)c1cccc(CCC(=O)c2ccc(O)cc2)c1. The third-order valence-corrected chi connectivity index (χ3v) is 3.18. The molecule has 108 valence electrons. The molecule has 0 saturated carbocycles. The number of phenolic OH excluding ortho intramolecular Hbond substituents is 1. The number of phenols is 1. The summed E-state index contributed by atoms with van der Waals surface area (Å²) in [5.41, 5.74) is 1.95. The average Bonchev–Trinajstić information content (AvgIpc) is 2.52. The second-order valence-electron chi connectivity index (χ2n) is 4.66. The molecule has 0 radical (unpaired) electrons. The van der Waals surface area contributed by atoms with Gasteiger partial charge in [0.05, 0.1) is 12.7 Å². The van der Waals surface area contributed by atoms with E-state index < -0.39 is 0 Å². The highest BCUT2D eigenvalue weighted by Gasteiger charge is 2.09. The molecule has 0 aromatic heterocycles. The average molecular weight is 284 g/mol. The third kappa shape index (κ3) is 3.92. The van der Waals surface area contributed by atoms with Crippen LogP contribution in [0.5, 0.6) is 5.75 Å². The molecule has 2 rings (SSSR count). The lowest BCUT2D eigenvalue weighted by Gasteiger charge is -2.04. The first kappa shape index (κ1) is 14.8. The predicted molar refractivity (Wildman–Crippen MR) is 78.5 cm³/mol. The van der Waals surface area contributed by atoms with Gasteiger partial charge in [-0.1, -0.05) is 12.1 Å². The largest absolute Gasteiger partial charge is 0.508 e. The molecule has 0 bridgehead atoms. The molecule has 0 unspecified atom stereocenters. The van der Waals surface area contributed by atoms with Crippen molar-refractivity contribution in [2.24, 2.45) is 0 Å². The molecule has 0 aliphatic rings. The number of esters is 1. The van der Waals surface area contributed by atoms with Gasteiger partial charge in [0.1, 0.15) is 5.75 Å². The summed E-state index contributed by atoms with van der Waals surface area (Å²) in [6, 6.07) is 13.2. The fraction of sp³-hybridized carbons (Fsp3) is 0.176. The number of benzene rings is 2. The number of methoxy groups -OCH3 is 1. The molecule has 0 fully saturated rings. The molecule has 0 heterocycles. The lowest BCUT2D eigenvalue weighted by Crippen LogP contribution is -2.04. The van der Waals surface area contributed by atoms with Crippen molar-refractivity contribution in [2.75, 3.05) is 7.11 Å². The van der Waals surface area contributed by atoms with Crippen molar-refractivity contribution in [2.45, 2.75) is 12.8 Å². The standard InChI is InChI=1S/C17H16O4/c1-21-17(20)14-4-2-3-12(11-14)5-10-16(19)13-6-8-15(18)9-7-13/h2-4,6-9,11,18H,5,10H2,1H3. The molecule has 0 aliphatic heterocycles. The fourth-order valence-electron chi connectivity index (χ4n) is 2.02. The van der Waals surface area contributed by atoms with Crippen LogP contribution in [0.3, 0.4) is 0 Å². The van der Waals surface area contributed by atoms with Crippen LogP contribution < -0.4 is 0 Å². The molecule has 1 N–H and O–H groups in total. The third-order valence-electron chi connectivity index (χ3n) is 3.18. The normalized spacial score (nSPS) is 10.1. The van der Waals surface area contributed by atoms with Gasteiger partial charge in [0.2, 0.25) is 0 Å². The molecule has 2 aromatic carbocycles. The number of aromatic hydroxyl groups is 1. The lowest BCUT2D eigenvalue weighted by atomic mass is 10.0. The summed E-state index contributed by atoms with van der Waals surface area (Å²) in [5.74, 6) is -0.252. The molecular weight excluding hydrogens is 268 g/mol. The van der Waals surface area contributed by atoms with Gasteiger partial charge in [0, 0.05) is 12.0 Å². The van der Waals surface area contributed by atoms with Gasteiger partial charge in [-0.05, 0) is 48.4 Å². The molecule has 0 amide bonds. The summed E-state index contributed by atoms with van der Waals surface area (Å²) in [6.07, 6.45) is 0.889. The number of aryl methyl sites for hydroxylation is 1. The van der Waals surface area contributed by atoms with Gasteiger partial charge in [0.25, 0.3) is 0 Å². The van der Waals surface area contributed by atoms with Crippen molar-refractivity contribution in [1.82, 2.24) is 0 Å². The molecule has 0 saturated heterocycles. The zero-order valence-corrected chi connectivity index (χ0v) is 11.7. The zero-order valence-electron chi connectivity index (χ0n) is 11.7. The van der Waals surface area contributed by atoms with Gasteiger partial charge in [-0.15, -0.1) is 0 Å². The number of hydrogen-bond donors (Lipinski definition) is 1. The second-order valence-corrected chi connectivity index (χ2v) is 4.66. The van der Waals surface area contributed by atoms with E-state index in [-0.39, 0.29) is 17.5 Å². The highest BCUT2D eigenvalue weighted by atomic mass is 16.5. The van der Waals surface area contributed by atoms with E-state index in [2.05, 4.69) is 4.74 Å². The van der Waals surface area contributed by atoms with Crippen LogP contribution >= 0.6 is 0 Å². The topological polar surface area (TPSA) is 63.6 Å². The minimum absolute atomic E-state index is 0.00142. The zero-order chi connectivity index (χ0) is 15.2. The van der Waals surface area contributed by atoms with Crippen molar-refractivity contribution >= 4 is 11.8 Å². The molecule has 2 aromatic rings. The van der Waals surface area contributed by atoms with Crippen molar-refractivity contribution in [1.29, 1.82) is 0 Å². The van der Waals surface area contributed by atoms with Crippen LogP contribution in [0.15, 0.2) is 48.5 Å². The number of ether oxygens (including phenoxy) is 1. The van der Waals surface area contributed by atoms with E-state index in [4.69, 9.17) is 0 Å². The Kier molecular flexibility index (Phi) is 4.72. The van der Waals surface area contributed by atoms with E-state index in [0.717, 1.165) is 5.56 Å². The van der Waals surface area contributed by atoms with Gasteiger partial charge < -0.3 is 9.84 Å². The monoisotopic (exact) mass is 284 g/mol. The molecule has 0 spiro atoms. The highest BCUT2D eigenvalue weighted by molar-refractivity contribution is 5.96. The quantitative estimate of drug-likeness (QED) is 0.677. The van der Waals surface area contributed by atoms with E-state index in [9.17, 15) is 14.7 Å². The number of ketones is 1. The Morgan fingerprint density at radius 1 is 1.05 bits per heavy atom. The summed E-state index contributed by atoms with van der Waals surface area (Å²) in [7, 11) is 1.34. The number of hydrogen-bond acceptors (Lipinski definition) is 4. The van der Waals surface area contributed by atoms with Crippen molar-refractivity contribution in [3.05, 3.63) is 65.2 Å². The number of Topliss-reactive ketones (excluding diaryl/α,β-unsaturated/α-hetero) is 1. The summed E-state index contributed by atoms with van der Waals surface area (Å²) in [4.78, 5) is 23.5. The van der Waals surface area contributed by atoms with Crippen LogP contribution in [0.2, 0.25) is 0 Å². The van der Waals surface area contributed by atoms with Crippen LogP contribution in [-0.4, -0.2) is 24.0 Å². The summed E-state index contributed by atoms with van der Waals surface area (Å²) in [6.45, 7) is 0. The summed E-state index contributed by atoms with van der Waals surface area (Å²) in [5, 5.41) is 9.20. The molecule has 0 aliphatic carbocycles. The fourth-order valence-corrected chi connectivity index (χ4v) is 2.02. The Morgan fingerprint density at radius 2 is 1.76 bits per heavy atom. The smallest absolute Gasteiger partial charge is 0.337 e. The van der Waals surface area contributed by atoms with Gasteiger partial charge in [-0.25, -0.2) is 4.79 Å². The molecule has 4 heteroatoms. The minimum atomic E-state index is -0.387. The predicted octanol–water partition coefficient (Wildman–Crippen LogP) is 2.99. The molecule has 21 heavy (non-hydrogen) atoms. The van der Waals surface area contributed by atoms with Gasteiger partial charge in [0.15, 0.2) is 5.78 Å². The van der Waals surface area contributed by atoms with Crippen LogP contribution in [-0.2, 0) is 11.2 Å². The maximum Gasteiger partial charge on any atom is 0.337 e. The first-order chi connectivity index (χ1) is 10.1. The first-order valence-corrected chi connectivity index (χ1v) is 6.59. The van der Waals surface area contributed by atoms with Crippen LogP contribution in [0.1, 0.15) is 32.7 Å². The minimum Gasteiger partial charge on any atom is -0.508 e. The number of carbonyl (C=O) groups excluding carboxylic acids is 2. The molecule has 0 atom stereocenters. The van der Waals surface area contributed by atoms with Crippen LogP contribution in [0, 0.1) is 0 Å². The van der Waals surface area contributed by atoms with Crippen LogP contribution in [0.4, 0.5) is 0 Å². The second kappa shape index (κ2) is 6.70. The number of rotatable bonds is 5.